The summed E-state index contributed by atoms with van der Waals surface area (Å²) in [7, 11) is -3.13. The summed E-state index contributed by atoms with van der Waals surface area (Å²) in [6, 6.07) is 7.04. The minimum absolute atomic E-state index is 0.165. The lowest BCUT2D eigenvalue weighted by Crippen LogP contribution is -2.40. The molecule has 0 N–H and O–H groups in total. The van der Waals surface area contributed by atoms with E-state index in [1.807, 2.05) is 6.07 Å². The van der Waals surface area contributed by atoms with Crippen LogP contribution in [0, 0.1) is 5.92 Å². The molecule has 1 aromatic rings. The second kappa shape index (κ2) is 6.37. The summed E-state index contributed by atoms with van der Waals surface area (Å²) in [5, 5.41) is 0. The molecule has 1 aliphatic heterocycles. The van der Waals surface area contributed by atoms with Crippen molar-refractivity contribution in [3.05, 3.63) is 29.8 Å². The van der Waals surface area contributed by atoms with Crippen molar-refractivity contribution >= 4 is 16.3 Å². The monoisotopic (exact) mass is 297 g/mol. The SMILES string of the molecule is CS(=O)(=O)N1CCCC(COc2ccccc2C=O)C1. The van der Waals surface area contributed by atoms with Gasteiger partial charge in [-0.2, -0.15) is 0 Å². The third kappa shape index (κ3) is 3.80. The first-order chi connectivity index (χ1) is 9.50. The number of carbonyl (C=O) groups excluding carboxylic acids is 1. The molecule has 0 aromatic heterocycles. The Morgan fingerprint density at radius 1 is 1.40 bits per heavy atom. The summed E-state index contributed by atoms with van der Waals surface area (Å²) < 4.78 is 30.3. The molecule has 1 heterocycles. The highest BCUT2D eigenvalue weighted by Crippen LogP contribution is 2.21. The van der Waals surface area contributed by atoms with Gasteiger partial charge in [-0.15, -0.1) is 0 Å². The van der Waals surface area contributed by atoms with Crippen LogP contribution in [-0.4, -0.2) is 45.0 Å². The van der Waals surface area contributed by atoms with Crippen LogP contribution in [0.4, 0.5) is 0 Å². The first-order valence-electron chi connectivity index (χ1n) is 6.63. The molecule has 6 heteroatoms. The first kappa shape index (κ1) is 15.0. The van der Waals surface area contributed by atoms with Crippen LogP contribution in [0.2, 0.25) is 0 Å². The first-order valence-corrected chi connectivity index (χ1v) is 8.47. The van der Waals surface area contributed by atoms with E-state index >= 15 is 0 Å². The number of aldehydes is 1. The Hall–Kier alpha value is -1.40. The molecule has 0 radical (unpaired) electrons. The van der Waals surface area contributed by atoms with Crippen LogP contribution in [0.1, 0.15) is 23.2 Å². The fourth-order valence-corrected chi connectivity index (χ4v) is 3.32. The molecule has 0 amide bonds. The minimum atomic E-state index is -3.13. The summed E-state index contributed by atoms with van der Waals surface area (Å²) in [6.45, 7) is 1.50. The van der Waals surface area contributed by atoms with Crippen molar-refractivity contribution < 1.29 is 17.9 Å². The van der Waals surface area contributed by atoms with Crippen molar-refractivity contribution in [2.24, 2.45) is 5.92 Å². The Bertz CT molecular complexity index is 570. The highest BCUT2D eigenvalue weighted by atomic mass is 32.2. The zero-order valence-corrected chi connectivity index (χ0v) is 12.3. The molecule has 1 saturated heterocycles. The fourth-order valence-electron chi connectivity index (χ4n) is 2.38. The van der Waals surface area contributed by atoms with Gasteiger partial charge >= 0.3 is 0 Å². The lowest BCUT2D eigenvalue weighted by Gasteiger charge is -2.30. The molecule has 0 saturated carbocycles. The number of rotatable bonds is 5. The lowest BCUT2D eigenvalue weighted by molar-refractivity contribution is 0.111. The van der Waals surface area contributed by atoms with Gasteiger partial charge in [0.2, 0.25) is 10.0 Å². The van der Waals surface area contributed by atoms with Crippen LogP contribution in [-0.2, 0) is 10.0 Å². The van der Waals surface area contributed by atoms with Gasteiger partial charge in [-0.25, -0.2) is 12.7 Å². The van der Waals surface area contributed by atoms with Crippen molar-refractivity contribution in [3.63, 3.8) is 0 Å². The highest BCUT2D eigenvalue weighted by Gasteiger charge is 2.26. The molecular formula is C14H19NO4S. The van der Waals surface area contributed by atoms with Crippen LogP contribution in [0.25, 0.3) is 0 Å². The maximum atomic E-state index is 11.5. The van der Waals surface area contributed by atoms with E-state index in [0.29, 0.717) is 31.0 Å². The fraction of sp³-hybridized carbons (Fsp3) is 0.500. The van der Waals surface area contributed by atoms with E-state index in [9.17, 15) is 13.2 Å². The summed E-state index contributed by atoms with van der Waals surface area (Å²) >= 11 is 0. The minimum Gasteiger partial charge on any atom is -0.493 e. The molecule has 0 aliphatic carbocycles. The van der Waals surface area contributed by atoms with Gasteiger partial charge < -0.3 is 4.74 Å². The van der Waals surface area contributed by atoms with E-state index in [2.05, 4.69) is 0 Å². The smallest absolute Gasteiger partial charge is 0.211 e. The molecule has 1 aliphatic rings. The molecule has 1 aromatic carbocycles. The van der Waals surface area contributed by atoms with E-state index in [0.717, 1.165) is 19.1 Å². The normalized spacial score (nSPS) is 20.6. The summed E-state index contributed by atoms with van der Waals surface area (Å²) in [6.07, 6.45) is 3.78. The molecule has 1 atom stereocenters. The number of sulfonamides is 1. The van der Waals surface area contributed by atoms with Crippen LogP contribution in [0.5, 0.6) is 5.75 Å². The third-order valence-electron chi connectivity index (χ3n) is 3.47. The maximum Gasteiger partial charge on any atom is 0.211 e. The van der Waals surface area contributed by atoms with E-state index in [1.54, 1.807) is 18.2 Å². The Balaban J connectivity index is 1.95. The Morgan fingerprint density at radius 3 is 2.85 bits per heavy atom. The molecule has 5 nitrogen and oxygen atoms in total. The molecule has 2 rings (SSSR count). The van der Waals surface area contributed by atoms with Crippen molar-refractivity contribution in [2.75, 3.05) is 26.0 Å². The third-order valence-corrected chi connectivity index (χ3v) is 4.74. The second-order valence-corrected chi connectivity index (χ2v) is 7.08. The number of benzene rings is 1. The lowest BCUT2D eigenvalue weighted by atomic mass is 10.0. The van der Waals surface area contributed by atoms with Gasteiger partial charge in [-0.05, 0) is 25.0 Å². The zero-order chi connectivity index (χ0) is 14.6. The number of nitrogens with zero attached hydrogens (tertiary/aromatic N) is 1. The largest absolute Gasteiger partial charge is 0.493 e. The van der Waals surface area contributed by atoms with Gasteiger partial charge in [0.25, 0.3) is 0 Å². The van der Waals surface area contributed by atoms with Gasteiger partial charge in [0.1, 0.15) is 5.75 Å². The predicted molar refractivity (Wildman–Crippen MR) is 76.5 cm³/mol. The van der Waals surface area contributed by atoms with Gasteiger partial charge in [0.15, 0.2) is 6.29 Å². The molecule has 1 unspecified atom stereocenters. The van der Waals surface area contributed by atoms with Gasteiger partial charge in [0, 0.05) is 19.0 Å². The van der Waals surface area contributed by atoms with Crippen molar-refractivity contribution in [2.45, 2.75) is 12.8 Å². The molecular weight excluding hydrogens is 278 g/mol. The predicted octanol–water partition coefficient (Wildman–Crippen LogP) is 1.55. The summed E-state index contributed by atoms with van der Waals surface area (Å²) in [5.74, 6) is 0.720. The van der Waals surface area contributed by atoms with Crippen molar-refractivity contribution in [3.8, 4) is 5.75 Å². The van der Waals surface area contributed by atoms with Gasteiger partial charge in [-0.1, -0.05) is 12.1 Å². The maximum absolute atomic E-state index is 11.5. The number of ether oxygens (including phenoxy) is 1. The van der Waals surface area contributed by atoms with Crippen molar-refractivity contribution in [1.29, 1.82) is 0 Å². The number of para-hydroxylation sites is 1. The molecule has 20 heavy (non-hydrogen) atoms. The number of piperidine rings is 1. The van der Waals surface area contributed by atoms with Gasteiger partial charge in [-0.3, -0.25) is 4.79 Å². The Kier molecular flexibility index (Phi) is 4.77. The van der Waals surface area contributed by atoms with E-state index < -0.39 is 10.0 Å². The van der Waals surface area contributed by atoms with Crippen LogP contribution < -0.4 is 4.74 Å². The topological polar surface area (TPSA) is 63.7 Å². The Morgan fingerprint density at radius 2 is 2.15 bits per heavy atom. The van der Waals surface area contributed by atoms with Crippen LogP contribution in [0.3, 0.4) is 0 Å². The Labute approximate surface area is 119 Å². The summed E-state index contributed by atoms with van der Waals surface area (Å²) in [5.41, 5.74) is 0.517. The van der Waals surface area contributed by atoms with E-state index in [-0.39, 0.29) is 5.92 Å². The quantitative estimate of drug-likeness (QED) is 0.774. The summed E-state index contributed by atoms with van der Waals surface area (Å²) in [4.78, 5) is 10.9. The number of hydrogen-bond acceptors (Lipinski definition) is 4. The second-order valence-electron chi connectivity index (χ2n) is 5.10. The standard InChI is InChI=1S/C14H19NO4S/c1-20(17,18)15-8-4-5-12(9-15)11-19-14-7-3-2-6-13(14)10-16/h2-3,6-7,10,12H,4-5,8-9,11H2,1H3. The molecule has 0 bridgehead atoms. The van der Waals surface area contributed by atoms with E-state index in [1.165, 1.54) is 10.6 Å². The number of hydrogen-bond donors (Lipinski definition) is 0. The average molecular weight is 297 g/mol. The number of carbonyl (C=O) groups is 1. The van der Waals surface area contributed by atoms with Gasteiger partial charge in [0.05, 0.1) is 18.4 Å². The highest BCUT2D eigenvalue weighted by molar-refractivity contribution is 7.88. The molecule has 0 spiro atoms. The van der Waals surface area contributed by atoms with Crippen LogP contribution in [0.15, 0.2) is 24.3 Å². The molecule has 110 valence electrons. The molecule has 1 fully saturated rings. The average Bonchev–Trinajstić information content (AvgIpc) is 2.45. The van der Waals surface area contributed by atoms with E-state index in [4.69, 9.17) is 4.74 Å². The zero-order valence-electron chi connectivity index (χ0n) is 11.5. The van der Waals surface area contributed by atoms with Crippen molar-refractivity contribution in [1.82, 2.24) is 4.31 Å². The van der Waals surface area contributed by atoms with Crippen LogP contribution >= 0.6 is 0 Å².